The molecule has 8 atom stereocenters. The van der Waals surface area contributed by atoms with Crippen molar-refractivity contribution in [2.45, 2.75) is 256 Å². The molecular weight excluding hydrogens is 1310 g/mol. The molecule has 12 amide bonds. The van der Waals surface area contributed by atoms with Gasteiger partial charge in [0.05, 0.1) is 32.0 Å². The lowest BCUT2D eigenvalue weighted by Gasteiger charge is -2.40. The third-order valence-electron chi connectivity index (χ3n) is 21.6. The quantitative estimate of drug-likeness (QED) is 0.152. The van der Waals surface area contributed by atoms with E-state index in [-0.39, 0.29) is 99.7 Å². The van der Waals surface area contributed by atoms with Gasteiger partial charge >= 0.3 is 6.18 Å². The number of carbonyl (C=O) groups is 12. The number of likely N-dealkylation sites (N-methyl/N-ethyl adjacent to an activating group) is 7. The molecule has 0 aromatic carbocycles. The number of alkyl halides is 4. The highest BCUT2D eigenvalue weighted by atomic mass is 35.5. The Morgan fingerprint density at radius 2 is 1.10 bits per heavy atom. The number of carbonyl (C=O) groups excluding carboxylic acids is 12. The van der Waals surface area contributed by atoms with Crippen molar-refractivity contribution in [3.8, 4) is 0 Å². The van der Waals surface area contributed by atoms with Crippen LogP contribution >= 0.6 is 11.6 Å². The number of amides is 12. The smallest absolute Gasteiger partial charge is 0.343 e. The minimum Gasteiger partial charge on any atom is -0.343 e. The summed E-state index contributed by atoms with van der Waals surface area (Å²) in [6.07, 6.45) is 2.38. The van der Waals surface area contributed by atoms with Crippen molar-refractivity contribution in [1.82, 2.24) is 60.5 Å². The zero-order valence-electron chi connectivity index (χ0n) is 61.7. The standard InChI is InChI=1S/C71H118ClF3N12O12/c1-16-46(8)60-68(98)82(11)41-58(90)80(9)42-59(91)83(12)55(38-48-24-29-50(72)30-25-48)67(97)81(10)40-56(88)76-51(31-26-47-22-27-49(28-23-47)71(73,74)75)65(95)84(13)54(37-44(4)5)63(93)79-70(32-18-19-33-70)69(99)85(14)53(36-43(2)3)62(92)77-52(66(96)87-34-20-17-21-35-87)39-57(89)86(15)61(45(6)7)64(94)78-60/h43-55,60-61H,16-42H2,1-15H3,(H,76,88)(H,77,92)(H,78,94)(H,79,93)/t46-,47?,48?,49?,50?,51-,52-,53-,54-,55-,60-,61-/m0/s1. The fraction of sp³-hybridized carbons (Fsp3) is 0.831. The topological polar surface area (TPSA) is 279 Å². The van der Waals surface area contributed by atoms with Crippen LogP contribution in [-0.2, 0) is 57.5 Å². The molecule has 0 aromatic rings. The van der Waals surface area contributed by atoms with Gasteiger partial charge in [-0.3, -0.25) is 57.5 Å². The number of halogens is 4. The first-order valence-corrected chi connectivity index (χ1v) is 36.8. The van der Waals surface area contributed by atoms with Gasteiger partial charge in [0.15, 0.2) is 0 Å². The molecule has 5 aliphatic rings. The third-order valence-corrected chi connectivity index (χ3v) is 22.0. The van der Waals surface area contributed by atoms with Crippen LogP contribution in [0.2, 0.25) is 0 Å². The fourth-order valence-electron chi connectivity index (χ4n) is 15.0. The Morgan fingerprint density at radius 3 is 1.65 bits per heavy atom. The van der Waals surface area contributed by atoms with Crippen LogP contribution < -0.4 is 21.3 Å². The van der Waals surface area contributed by atoms with E-state index >= 15 is 19.2 Å². The number of rotatable bonds is 13. The van der Waals surface area contributed by atoms with Gasteiger partial charge in [0.2, 0.25) is 70.9 Å². The molecule has 28 heteroatoms. The van der Waals surface area contributed by atoms with Crippen LogP contribution in [0.3, 0.4) is 0 Å². The average molecular weight is 1420 g/mol. The van der Waals surface area contributed by atoms with E-state index < -0.39 is 169 Å². The molecule has 0 bridgehead atoms. The first-order valence-electron chi connectivity index (χ1n) is 36.3. The molecule has 0 radical (unpaired) electrons. The van der Waals surface area contributed by atoms with Crippen LogP contribution in [0.5, 0.6) is 0 Å². The molecular formula is C71H118ClF3N12O12. The Hall–Kier alpha value is -6.28. The minimum absolute atomic E-state index is 0.0431. The second kappa shape index (κ2) is 37.6. The molecule has 5 rings (SSSR count). The van der Waals surface area contributed by atoms with Crippen molar-refractivity contribution >= 4 is 82.5 Å². The van der Waals surface area contributed by atoms with E-state index in [2.05, 4.69) is 21.3 Å². The van der Waals surface area contributed by atoms with Crippen LogP contribution in [0.4, 0.5) is 13.2 Å². The van der Waals surface area contributed by atoms with E-state index in [0.29, 0.717) is 70.9 Å². The number of hydrogen-bond acceptors (Lipinski definition) is 12. The van der Waals surface area contributed by atoms with Crippen LogP contribution in [-0.4, -0.2) is 252 Å². The Balaban J connectivity index is 1.61. The number of nitrogens with zero attached hydrogens (tertiary/aromatic N) is 8. The van der Waals surface area contributed by atoms with E-state index in [1.54, 1.807) is 25.7 Å². The maximum absolute atomic E-state index is 15.5. The van der Waals surface area contributed by atoms with Crippen molar-refractivity contribution in [2.75, 3.05) is 82.1 Å². The van der Waals surface area contributed by atoms with E-state index in [9.17, 15) is 51.5 Å². The Kier molecular flexibility index (Phi) is 31.7. The van der Waals surface area contributed by atoms with Gasteiger partial charge in [-0.25, -0.2) is 0 Å². The monoisotopic (exact) mass is 1420 g/mol. The molecule has 4 N–H and O–H groups in total. The van der Waals surface area contributed by atoms with Crippen molar-refractivity contribution in [2.24, 2.45) is 41.4 Å². The van der Waals surface area contributed by atoms with Crippen LogP contribution in [0.1, 0.15) is 197 Å². The molecule has 5 fully saturated rings. The summed E-state index contributed by atoms with van der Waals surface area (Å²) in [6.45, 7) is 13.5. The highest BCUT2D eigenvalue weighted by Gasteiger charge is 2.50. The maximum Gasteiger partial charge on any atom is 0.391 e. The summed E-state index contributed by atoms with van der Waals surface area (Å²) in [7, 11) is 9.83. The van der Waals surface area contributed by atoms with Gasteiger partial charge in [-0.2, -0.15) is 13.2 Å². The molecule has 0 aromatic heterocycles. The molecule has 99 heavy (non-hydrogen) atoms. The zero-order valence-corrected chi connectivity index (χ0v) is 62.5. The van der Waals surface area contributed by atoms with Gasteiger partial charge < -0.3 is 60.5 Å². The van der Waals surface area contributed by atoms with Gasteiger partial charge in [-0.1, -0.05) is 74.7 Å². The highest BCUT2D eigenvalue weighted by molar-refractivity contribution is 6.20. The van der Waals surface area contributed by atoms with E-state index in [1.807, 2.05) is 34.6 Å². The highest BCUT2D eigenvalue weighted by Crippen LogP contribution is 2.41. The first-order chi connectivity index (χ1) is 46.3. The van der Waals surface area contributed by atoms with Gasteiger partial charge in [0.1, 0.15) is 47.8 Å². The number of hydrogen-bond donors (Lipinski definition) is 4. The van der Waals surface area contributed by atoms with Gasteiger partial charge in [0.25, 0.3) is 0 Å². The molecule has 562 valence electrons. The van der Waals surface area contributed by atoms with E-state index in [1.165, 1.54) is 68.9 Å². The summed E-state index contributed by atoms with van der Waals surface area (Å²) in [6, 6.07) is -8.91. The van der Waals surface area contributed by atoms with E-state index in [0.717, 1.165) is 21.1 Å². The summed E-state index contributed by atoms with van der Waals surface area (Å²) >= 11 is 6.51. The lowest BCUT2D eigenvalue weighted by atomic mass is 9.79. The molecule has 3 aliphatic carbocycles. The lowest BCUT2D eigenvalue weighted by Crippen LogP contribution is -2.65. The molecule has 1 spiro atoms. The average Bonchev–Trinajstić information content (AvgIpc) is 1.75. The van der Waals surface area contributed by atoms with Crippen molar-refractivity contribution in [3.05, 3.63) is 0 Å². The molecule has 2 aliphatic heterocycles. The molecule has 24 nitrogen and oxygen atoms in total. The largest absolute Gasteiger partial charge is 0.391 e. The summed E-state index contributed by atoms with van der Waals surface area (Å²) in [5, 5.41) is 11.5. The normalized spacial score (nSPS) is 29.2. The van der Waals surface area contributed by atoms with E-state index in [4.69, 9.17) is 11.6 Å². The molecule has 2 saturated heterocycles. The molecule has 3 saturated carbocycles. The summed E-state index contributed by atoms with van der Waals surface area (Å²) < 4.78 is 41.6. The zero-order chi connectivity index (χ0) is 74.1. The first kappa shape index (κ1) is 83.4. The predicted molar refractivity (Wildman–Crippen MR) is 369 cm³/mol. The predicted octanol–water partition coefficient (Wildman–Crippen LogP) is 6.10. The van der Waals surface area contributed by atoms with Crippen LogP contribution in [0.25, 0.3) is 0 Å². The molecule has 0 unspecified atom stereocenters. The SMILES string of the molecule is CC[C@H](C)[C@@H]1NC(=O)[C@H](C(C)C)N(C)C(=O)C[C@@H](C(=O)N2CCCCC2)NC(=O)[C@H](CC(C)C)N(C)C(=O)C2(CCCC2)NC(=O)[C@H](CC(C)C)N(C)C(=O)[C@H](CCC2CCC(C(F)(F)F)CC2)NC(=O)CN(C)C(=O)[C@H](CC2CCC(Cl)CC2)N(C)C(=O)CN(C)C(=O)CN(C)C1=O. The van der Waals surface area contributed by atoms with Crippen LogP contribution in [0, 0.1) is 41.4 Å². The van der Waals surface area contributed by atoms with Crippen molar-refractivity contribution in [3.63, 3.8) is 0 Å². The van der Waals surface area contributed by atoms with Gasteiger partial charge in [-0.05, 0) is 151 Å². The van der Waals surface area contributed by atoms with Crippen molar-refractivity contribution < 1.29 is 70.7 Å². The summed E-state index contributed by atoms with van der Waals surface area (Å²) in [5.41, 5.74) is -1.59. The Morgan fingerprint density at radius 1 is 0.556 bits per heavy atom. The maximum atomic E-state index is 15.5. The summed E-state index contributed by atoms with van der Waals surface area (Å²) in [5.74, 6) is -11.3. The Bertz CT molecular complexity index is 2800. The Labute approximate surface area is 590 Å². The fourth-order valence-corrected chi connectivity index (χ4v) is 15.3. The number of nitrogens with one attached hydrogen (secondary N) is 4. The van der Waals surface area contributed by atoms with Gasteiger partial charge in [0, 0.05) is 67.8 Å². The molecule has 2 heterocycles. The van der Waals surface area contributed by atoms with Crippen molar-refractivity contribution in [1.29, 1.82) is 0 Å². The van der Waals surface area contributed by atoms with Gasteiger partial charge in [-0.15, -0.1) is 11.6 Å². The summed E-state index contributed by atoms with van der Waals surface area (Å²) in [4.78, 5) is 188. The number of likely N-dealkylation sites (tertiary alicyclic amines) is 1. The third kappa shape index (κ3) is 23.1. The second-order valence-electron chi connectivity index (χ2n) is 30.6. The minimum atomic E-state index is -4.36. The van der Waals surface area contributed by atoms with Crippen LogP contribution in [0.15, 0.2) is 0 Å². The lowest BCUT2D eigenvalue weighted by molar-refractivity contribution is -0.184. The second-order valence-corrected chi connectivity index (χ2v) is 31.2. The number of piperidine rings is 1.